The van der Waals surface area contributed by atoms with Crippen molar-refractivity contribution >= 4 is 34.9 Å². The Morgan fingerprint density at radius 3 is 2.52 bits per heavy atom. The highest BCUT2D eigenvalue weighted by Crippen LogP contribution is 2.32. The van der Waals surface area contributed by atoms with Crippen LogP contribution in [0.3, 0.4) is 0 Å². The number of benzene rings is 1. The molecular weight excluding hydrogens is 342 g/mol. The second-order valence-electron chi connectivity index (χ2n) is 6.48. The molecule has 1 aliphatic rings. The van der Waals surface area contributed by atoms with E-state index in [0.717, 1.165) is 0 Å². The van der Waals surface area contributed by atoms with Crippen molar-refractivity contribution in [1.29, 1.82) is 0 Å². The van der Waals surface area contributed by atoms with E-state index in [9.17, 15) is 9.59 Å². The van der Waals surface area contributed by atoms with E-state index in [2.05, 4.69) is 43.1 Å². The van der Waals surface area contributed by atoms with Gasteiger partial charge >= 0.3 is 6.03 Å². The quantitative estimate of drug-likeness (QED) is 0.757. The van der Waals surface area contributed by atoms with Crippen molar-refractivity contribution in [2.45, 2.75) is 39.8 Å². The second kappa shape index (κ2) is 7.84. The minimum Gasteiger partial charge on any atom is -0.350 e. The number of hydrogen-bond acceptors (Lipinski definition) is 4. The first-order chi connectivity index (χ1) is 11.7. The summed E-state index contributed by atoms with van der Waals surface area (Å²) >= 11 is 6.10. The zero-order chi connectivity index (χ0) is 18.7. The van der Waals surface area contributed by atoms with E-state index < -0.39 is 6.03 Å². The molecule has 1 aromatic carbocycles. The second-order valence-corrected chi connectivity index (χ2v) is 6.92. The molecule has 2 rings (SSSR count). The molecule has 0 aromatic heterocycles. The van der Waals surface area contributed by atoms with Crippen molar-refractivity contribution in [3.63, 3.8) is 0 Å². The monoisotopic (exact) mass is 365 g/mol. The van der Waals surface area contributed by atoms with Crippen LogP contribution in [0.2, 0.25) is 5.02 Å². The standard InChI is InChI=1S/C17H24ClN5O2/c1-10(2)22(11(3)4)7-8-23-14-9-12(18)5-6-13(14)15(16(23)24)20-21-17(19)25/h5-6,9-11H,7-8H2,1-4H3,(H3,19,21,25). The van der Waals surface area contributed by atoms with Gasteiger partial charge in [-0.05, 0) is 45.9 Å². The predicted octanol–water partition coefficient (Wildman–Crippen LogP) is 2.18. The molecule has 136 valence electrons. The summed E-state index contributed by atoms with van der Waals surface area (Å²) < 4.78 is 0. The zero-order valence-electron chi connectivity index (χ0n) is 14.9. The van der Waals surface area contributed by atoms with Gasteiger partial charge in [-0.25, -0.2) is 10.2 Å². The van der Waals surface area contributed by atoms with Gasteiger partial charge in [0.15, 0.2) is 5.71 Å². The molecule has 25 heavy (non-hydrogen) atoms. The van der Waals surface area contributed by atoms with Crippen molar-refractivity contribution in [2.24, 2.45) is 10.8 Å². The normalized spacial score (nSPS) is 15.6. The topological polar surface area (TPSA) is 91.0 Å². The molecule has 0 atom stereocenters. The van der Waals surface area contributed by atoms with Gasteiger partial charge in [0.2, 0.25) is 0 Å². The Bertz CT molecular complexity index is 694. The van der Waals surface area contributed by atoms with Crippen LogP contribution in [0.15, 0.2) is 23.3 Å². The molecule has 0 saturated carbocycles. The van der Waals surface area contributed by atoms with E-state index in [1.807, 2.05) is 0 Å². The minimum atomic E-state index is -0.819. The summed E-state index contributed by atoms with van der Waals surface area (Å²) in [5.74, 6) is -0.279. The fourth-order valence-corrected chi connectivity index (χ4v) is 3.22. The van der Waals surface area contributed by atoms with Crippen LogP contribution >= 0.6 is 11.6 Å². The molecule has 0 spiro atoms. The minimum absolute atomic E-state index is 0.158. The van der Waals surface area contributed by atoms with Crippen LogP contribution in [0.4, 0.5) is 10.5 Å². The Balaban J connectivity index is 2.30. The number of nitrogens with one attached hydrogen (secondary N) is 1. The average Bonchev–Trinajstić information content (AvgIpc) is 2.76. The summed E-state index contributed by atoms with van der Waals surface area (Å²) in [4.78, 5) is 27.6. The number of carbonyl (C=O) groups is 2. The van der Waals surface area contributed by atoms with Gasteiger partial charge in [-0.3, -0.25) is 9.69 Å². The van der Waals surface area contributed by atoms with E-state index in [0.29, 0.717) is 41.4 Å². The van der Waals surface area contributed by atoms with Crippen LogP contribution in [-0.4, -0.2) is 47.7 Å². The summed E-state index contributed by atoms with van der Waals surface area (Å²) in [6, 6.07) is 5.05. The van der Waals surface area contributed by atoms with E-state index in [4.69, 9.17) is 17.3 Å². The van der Waals surface area contributed by atoms with Crippen LogP contribution in [0, 0.1) is 0 Å². The molecule has 0 radical (unpaired) electrons. The highest BCUT2D eigenvalue weighted by atomic mass is 35.5. The Kier molecular flexibility index (Phi) is 6.02. The molecule has 0 fully saturated rings. The number of nitrogens with zero attached hydrogens (tertiary/aromatic N) is 3. The summed E-state index contributed by atoms with van der Waals surface area (Å²) in [7, 11) is 0. The molecule has 0 aliphatic carbocycles. The molecule has 1 aromatic rings. The maximum atomic E-state index is 12.8. The molecule has 8 heteroatoms. The summed E-state index contributed by atoms with van der Waals surface area (Å²) in [5, 5.41) is 4.40. The Hall–Kier alpha value is -2.12. The number of hydrazone groups is 1. The van der Waals surface area contributed by atoms with Crippen LogP contribution in [0.25, 0.3) is 0 Å². The number of anilines is 1. The Labute approximate surface area is 152 Å². The van der Waals surface area contributed by atoms with Gasteiger partial charge < -0.3 is 10.6 Å². The van der Waals surface area contributed by atoms with Gasteiger partial charge in [-0.15, -0.1) is 0 Å². The molecular formula is C17H24ClN5O2. The maximum absolute atomic E-state index is 12.8. The largest absolute Gasteiger partial charge is 0.350 e. The molecule has 3 N–H and O–H groups in total. The van der Waals surface area contributed by atoms with Crippen molar-refractivity contribution in [3.05, 3.63) is 28.8 Å². The Morgan fingerprint density at radius 2 is 1.96 bits per heavy atom. The van der Waals surface area contributed by atoms with E-state index in [-0.39, 0.29) is 11.6 Å². The fraction of sp³-hybridized carbons (Fsp3) is 0.471. The average molecular weight is 366 g/mol. The number of nitrogens with two attached hydrogens (primary N) is 1. The Morgan fingerprint density at radius 1 is 1.32 bits per heavy atom. The molecule has 0 unspecified atom stereocenters. The first-order valence-electron chi connectivity index (χ1n) is 8.23. The summed E-state index contributed by atoms with van der Waals surface area (Å²) in [6.07, 6.45) is 0. The van der Waals surface area contributed by atoms with Crippen molar-refractivity contribution in [2.75, 3.05) is 18.0 Å². The van der Waals surface area contributed by atoms with E-state index in [1.165, 1.54) is 0 Å². The van der Waals surface area contributed by atoms with Gasteiger partial charge in [0.1, 0.15) is 0 Å². The maximum Gasteiger partial charge on any atom is 0.332 e. The third-order valence-electron chi connectivity index (χ3n) is 4.14. The van der Waals surface area contributed by atoms with Crippen molar-refractivity contribution in [1.82, 2.24) is 10.3 Å². The number of rotatable bonds is 6. The first kappa shape index (κ1) is 19.2. The van der Waals surface area contributed by atoms with Gasteiger partial charge in [-0.1, -0.05) is 11.6 Å². The number of halogens is 1. The lowest BCUT2D eigenvalue weighted by Gasteiger charge is -2.32. The van der Waals surface area contributed by atoms with Gasteiger partial charge in [0, 0.05) is 35.8 Å². The van der Waals surface area contributed by atoms with Crippen molar-refractivity contribution < 1.29 is 9.59 Å². The third-order valence-corrected chi connectivity index (χ3v) is 4.37. The zero-order valence-corrected chi connectivity index (χ0v) is 15.7. The first-order valence-corrected chi connectivity index (χ1v) is 8.60. The SMILES string of the molecule is CC(C)N(CCN1C(=O)C(=NNC(N)=O)c2ccc(Cl)cc21)C(C)C. The summed E-state index contributed by atoms with van der Waals surface area (Å²) in [5.41, 5.74) is 8.66. The number of carbonyl (C=O) groups excluding carboxylic acids is 2. The molecule has 3 amide bonds. The van der Waals surface area contributed by atoms with Crippen molar-refractivity contribution in [3.8, 4) is 0 Å². The molecule has 0 bridgehead atoms. The summed E-state index contributed by atoms with van der Waals surface area (Å²) in [6.45, 7) is 9.71. The molecule has 1 heterocycles. The molecule has 0 saturated heterocycles. The number of fused-ring (bicyclic) bond motifs is 1. The number of urea groups is 1. The van der Waals surface area contributed by atoms with Crippen LogP contribution < -0.4 is 16.1 Å². The number of hydrogen-bond donors (Lipinski definition) is 2. The number of primary amides is 1. The fourth-order valence-electron chi connectivity index (χ4n) is 3.05. The highest BCUT2D eigenvalue weighted by Gasteiger charge is 2.34. The molecule has 7 nitrogen and oxygen atoms in total. The third kappa shape index (κ3) is 4.29. The van der Waals surface area contributed by atoms with Gasteiger partial charge in [0.05, 0.1) is 5.69 Å². The van der Waals surface area contributed by atoms with Gasteiger partial charge in [-0.2, -0.15) is 5.10 Å². The number of amides is 3. The lowest BCUT2D eigenvalue weighted by Crippen LogP contribution is -2.44. The highest BCUT2D eigenvalue weighted by molar-refractivity contribution is 6.54. The van der Waals surface area contributed by atoms with Crippen LogP contribution in [0.5, 0.6) is 0 Å². The lowest BCUT2D eigenvalue weighted by atomic mass is 10.1. The van der Waals surface area contributed by atoms with E-state index >= 15 is 0 Å². The predicted molar refractivity (Wildman–Crippen MR) is 100 cm³/mol. The van der Waals surface area contributed by atoms with Crippen LogP contribution in [0.1, 0.15) is 33.3 Å². The van der Waals surface area contributed by atoms with E-state index in [1.54, 1.807) is 23.1 Å². The molecule has 1 aliphatic heterocycles. The van der Waals surface area contributed by atoms with Gasteiger partial charge in [0.25, 0.3) is 5.91 Å². The van der Waals surface area contributed by atoms with Crippen LogP contribution in [-0.2, 0) is 4.79 Å². The smallest absolute Gasteiger partial charge is 0.332 e. The lowest BCUT2D eigenvalue weighted by molar-refractivity contribution is -0.112.